The summed E-state index contributed by atoms with van der Waals surface area (Å²) in [5, 5.41) is 3.16. The van der Waals surface area contributed by atoms with Crippen LogP contribution < -0.4 is 11.1 Å². The van der Waals surface area contributed by atoms with Gasteiger partial charge in [-0.05, 0) is 49.3 Å². The molecule has 130 valence electrons. The minimum Gasteiger partial charge on any atom is -0.370 e. The van der Waals surface area contributed by atoms with E-state index >= 15 is 0 Å². The van der Waals surface area contributed by atoms with Crippen LogP contribution in [0.5, 0.6) is 0 Å². The van der Waals surface area contributed by atoms with E-state index in [1.54, 1.807) is 0 Å². The normalized spacial score (nSPS) is 11.2. The van der Waals surface area contributed by atoms with Gasteiger partial charge in [0.05, 0.1) is 6.54 Å². The number of hydrogen-bond acceptors (Lipinski definition) is 2. The third-order valence-electron chi connectivity index (χ3n) is 3.63. The smallest absolute Gasteiger partial charge is 0.193 e. The SMILES string of the molecule is CCc1cccc(NC(N)=NCc2ccccc2CN(C)C)c1.I. The Kier molecular flexibility index (Phi) is 8.78. The molecule has 0 spiro atoms. The van der Waals surface area contributed by atoms with Crippen molar-refractivity contribution in [2.45, 2.75) is 26.4 Å². The minimum absolute atomic E-state index is 0. The molecule has 0 aromatic heterocycles. The Morgan fingerprint density at radius 1 is 1.08 bits per heavy atom. The molecular formula is C19H27IN4. The highest BCUT2D eigenvalue weighted by molar-refractivity contribution is 14.0. The van der Waals surface area contributed by atoms with Gasteiger partial charge in [-0.1, -0.05) is 43.3 Å². The summed E-state index contributed by atoms with van der Waals surface area (Å²) < 4.78 is 0. The van der Waals surface area contributed by atoms with Crippen LogP contribution in [0, 0.1) is 0 Å². The standard InChI is InChI=1S/C19H26N4.HI/c1-4-15-8-7-11-18(12-15)22-19(20)21-13-16-9-5-6-10-17(16)14-23(2)3;/h5-12H,4,13-14H2,1-3H3,(H3,20,21,22);1H. The monoisotopic (exact) mass is 438 g/mol. The van der Waals surface area contributed by atoms with Gasteiger partial charge >= 0.3 is 0 Å². The summed E-state index contributed by atoms with van der Waals surface area (Å²) >= 11 is 0. The molecule has 0 radical (unpaired) electrons. The van der Waals surface area contributed by atoms with Crippen molar-refractivity contribution in [2.24, 2.45) is 10.7 Å². The number of nitrogens with zero attached hydrogens (tertiary/aromatic N) is 2. The van der Waals surface area contributed by atoms with Gasteiger partial charge in [0.2, 0.25) is 0 Å². The zero-order valence-electron chi connectivity index (χ0n) is 14.6. The molecule has 0 bridgehead atoms. The summed E-state index contributed by atoms with van der Waals surface area (Å²) in [6.07, 6.45) is 1.00. The van der Waals surface area contributed by atoms with Crippen molar-refractivity contribution >= 4 is 35.6 Å². The van der Waals surface area contributed by atoms with E-state index in [2.05, 4.69) is 66.6 Å². The fraction of sp³-hybridized carbons (Fsp3) is 0.316. The zero-order valence-corrected chi connectivity index (χ0v) is 17.0. The number of anilines is 1. The van der Waals surface area contributed by atoms with Crippen LogP contribution in [0.3, 0.4) is 0 Å². The molecule has 0 heterocycles. The summed E-state index contributed by atoms with van der Waals surface area (Å²) in [6, 6.07) is 16.6. The number of nitrogens with one attached hydrogen (secondary N) is 1. The highest BCUT2D eigenvalue weighted by Crippen LogP contribution is 2.13. The van der Waals surface area contributed by atoms with Gasteiger partial charge in [0.25, 0.3) is 0 Å². The predicted molar refractivity (Wildman–Crippen MR) is 114 cm³/mol. The van der Waals surface area contributed by atoms with Gasteiger partial charge in [-0.25, -0.2) is 4.99 Å². The fourth-order valence-corrected chi connectivity index (χ4v) is 2.43. The third-order valence-corrected chi connectivity index (χ3v) is 3.63. The molecule has 2 aromatic carbocycles. The predicted octanol–water partition coefficient (Wildman–Crippen LogP) is 3.86. The van der Waals surface area contributed by atoms with Crippen molar-refractivity contribution < 1.29 is 0 Å². The Morgan fingerprint density at radius 2 is 1.79 bits per heavy atom. The molecule has 0 atom stereocenters. The quantitative estimate of drug-likeness (QED) is 0.409. The van der Waals surface area contributed by atoms with Gasteiger partial charge < -0.3 is 16.0 Å². The molecule has 2 aromatic rings. The lowest BCUT2D eigenvalue weighted by atomic mass is 10.1. The van der Waals surface area contributed by atoms with E-state index in [0.717, 1.165) is 18.7 Å². The molecule has 0 saturated carbocycles. The van der Waals surface area contributed by atoms with Crippen molar-refractivity contribution in [1.29, 1.82) is 0 Å². The van der Waals surface area contributed by atoms with Gasteiger partial charge in [0, 0.05) is 12.2 Å². The molecule has 0 aliphatic rings. The van der Waals surface area contributed by atoms with Crippen LogP contribution in [0.4, 0.5) is 5.69 Å². The Balaban J connectivity index is 0.00000288. The molecule has 0 aliphatic heterocycles. The summed E-state index contributed by atoms with van der Waals surface area (Å²) in [6.45, 7) is 3.62. The number of aryl methyl sites for hydroxylation is 1. The van der Waals surface area contributed by atoms with Crippen LogP contribution in [0.2, 0.25) is 0 Å². The molecule has 0 unspecified atom stereocenters. The second-order valence-corrected chi connectivity index (χ2v) is 5.89. The Hall–Kier alpha value is -1.60. The van der Waals surface area contributed by atoms with E-state index < -0.39 is 0 Å². The first-order valence-corrected chi connectivity index (χ1v) is 7.96. The maximum Gasteiger partial charge on any atom is 0.193 e. The summed E-state index contributed by atoms with van der Waals surface area (Å²) in [7, 11) is 4.13. The first-order valence-electron chi connectivity index (χ1n) is 7.96. The molecule has 0 saturated heterocycles. The van der Waals surface area contributed by atoms with Crippen molar-refractivity contribution in [3.8, 4) is 0 Å². The molecule has 24 heavy (non-hydrogen) atoms. The van der Waals surface area contributed by atoms with Crippen LogP contribution in [-0.2, 0) is 19.5 Å². The lowest BCUT2D eigenvalue weighted by Gasteiger charge is -2.13. The molecule has 0 amide bonds. The van der Waals surface area contributed by atoms with Crippen molar-refractivity contribution in [1.82, 2.24) is 4.90 Å². The van der Waals surface area contributed by atoms with Crippen LogP contribution in [0.25, 0.3) is 0 Å². The molecule has 2 rings (SSSR count). The number of benzene rings is 2. The number of hydrogen-bond donors (Lipinski definition) is 2. The highest BCUT2D eigenvalue weighted by atomic mass is 127. The maximum atomic E-state index is 6.02. The lowest BCUT2D eigenvalue weighted by Crippen LogP contribution is -2.22. The Bertz CT molecular complexity index is 668. The van der Waals surface area contributed by atoms with E-state index in [4.69, 9.17) is 5.73 Å². The average Bonchev–Trinajstić information content (AvgIpc) is 2.53. The number of aliphatic imine (C=N–C) groups is 1. The van der Waals surface area contributed by atoms with Crippen LogP contribution in [0.1, 0.15) is 23.6 Å². The molecule has 0 fully saturated rings. The van der Waals surface area contributed by atoms with E-state index in [0.29, 0.717) is 12.5 Å². The van der Waals surface area contributed by atoms with Gasteiger partial charge in [0.15, 0.2) is 5.96 Å². The molecule has 5 heteroatoms. The van der Waals surface area contributed by atoms with Gasteiger partial charge in [-0.15, -0.1) is 24.0 Å². The van der Waals surface area contributed by atoms with Crippen LogP contribution in [0.15, 0.2) is 53.5 Å². The Labute approximate surface area is 162 Å². The fourth-order valence-electron chi connectivity index (χ4n) is 2.43. The summed E-state index contributed by atoms with van der Waals surface area (Å²) in [4.78, 5) is 6.63. The first kappa shape index (κ1) is 20.4. The number of guanidine groups is 1. The maximum absolute atomic E-state index is 6.02. The summed E-state index contributed by atoms with van der Waals surface area (Å²) in [5.41, 5.74) is 10.8. The van der Waals surface area contributed by atoms with Crippen LogP contribution >= 0.6 is 24.0 Å². The Morgan fingerprint density at radius 3 is 2.46 bits per heavy atom. The molecule has 3 N–H and O–H groups in total. The summed E-state index contributed by atoms with van der Waals surface area (Å²) in [5.74, 6) is 0.443. The second kappa shape index (κ2) is 10.3. The van der Waals surface area contributed by atoms with Gasteiger partial charge in [0.1, 0.15) is 0 Å². The number of halogens is 1. The second-order valence-electron chi connectivity index (χ2n) is 5.89. The van der Waals surface area contributed by atoms with Gasteiger partial charge in [-0.2, -0.15) is 0 Å². The number of rotatable bonds is 6. The van der Waals surface area contributed by atoms with Gasteiger partial charge in [-0.3, -0.25) is 0 Å². The van der Waals surface area contributed by atoms with Crippen LogP contribution in [-0.4, -0.2) is 25.0 Å². The largest absolute Gasteiger partial charge is 0.370 e. The molecule has 0 aliphatic carbocycles. The van der Waals surface area contributed by atoms with E-state index in [-0.39, 0.29) is 24.0 Å². The van der Waals surface area contributed by atoms with E-state index in [1.807, 2.05) is 18.2 Å². The lowest BCUT2D eigenvalue weighted by molar-refractivity contribution is 0.401. The average molecular weight is 438 g/mol. The van der Waals surface area contributed by atoms with Crippen molar-refractivity contribution in [2.75, 3.05) is 19.4 Å². The molecular weight excluding hydrogens is 411 g/mol. The number of nitrogens with two attached hydrogens (primary N) is 1. The highest BCUT2D eigenvalue weighted by Gasteiger charge is 2.03. The topological polar surface area (TPSA) is 53.6 Å². The first-order chi connectivity index (χ1) is 11.1. The van der Waals surface area contributed by atoms with E-state index in [1.165, 1.54) is 16.7 Å². The molecule has 4 nitrogen and oxygen atoms in total. The van der Waals surface area contributed by atoms with E-state index in [9.17, 15) is 0 Å². The van der Waals surface area contributed by atoms with Crippen molar-refractivity contribution in [3.05, 3.63) is 65.2 Å². The van der Waals surface area contributed by atoms with Crippen molar-refractivity contribution in [3.63, 3.8) is 0 Å². The minimum atomic E-state index is 0. The third kappa shape index (κ3) is 6.49. The zero-order chi connectivity index (χ0) is 16.7.